The number of rotatable bonds is 33. The van der Waals surface area contributed by atoms with Crippen molar-refractivity contribution in [3.63, 3.8) is 0 Å². The minimum absolute atomic E-state index is 0.0364. The van der Waals surface area contributed by atoms with E-state index < -0.39 is 121 Å². The van der Waals surface area contributed by atoms with Crippen LogP contribution in [0, 0.1) is 11.8 Å². The Morgan fingerprint density at radius 1 is 0.622 bits per heavy atom. The zero-order chi connectivity index (χ0) is 79.8. The third-order valence-electron chi connectivity index (χ3n) is 25.0. The van der Waals surface area contributed by atoms with Gasteiger partial charge in [-0.25, -0.2) is 4.79 Å². The fourth-order valence-corrected chi connectivity index (χ4v) is 31.4. The largest absolute Gasteiger partial charge is 0.444 e. The first-order valence-corrected chi connectivity index (χ1v) is 47.9. The number of fused-ring (bicyclic) bond motifs is 2. The Balaban J connectivity index is 0.928. The maximum absolute atomic E-state index is 15.8. The number of carbonyl (C=O) groups excluding carboxylic acids is 2. The van der Waals surface area contributed by atoms with Gasteiger partial charge in [-0.2, -0.15) is 0 Å². The van der Waals surface area contributed by atoms with E-state index >= 15 is 4.79 Å². The van der Waals surface area contributed by atoms with Crippen LogP contribution in [0.25, 0.3) is 0 Å². The molecule has 7 aliphatic rings. The van der Waals surface area contributed by atoms with E-state index in [2.05, 4.69) is 223 Å². The first-order chi connectivity index (χ1) is 52.8. The lowest BCUT2D eigenvalue weighted by Gasteiger charge is -2.53. The molecule has 0 aromatic heterocycles. The molecule has 1 amide bonds. The van der Waals surface area contributed by atoms with E-state index in [0.29, 0.717) is 51.9 Å². The molecule has 0 spiro atoms. The molecule has 11 rings (SSSR count). The fraction of sp³-hybridized carbons (Fsp3) is 0.609. The van der Waals surface area contributed by atoms with Gasteiger partial charge in [-0.15, -0.1) is 13.2 Å². The molecule has 111 heavy (non-hydrogen) atoms. The lowest BCUT2D eigenvalue weighted by molar-refractivity contribution is -0.254. The smallest absolute Gasteiger partial charge is 0.412 e. The highest BCUT2D eigenvalue weighted by Gasteiger charge is 2.65. The predicted molar refractivity (Wildman–Crippen MR) is 449 cm³/mol. The van der Waals surface area contributed by atoms with Gasteiger partial charge in [0.1, 0.15) is 47.6 Å². The molecule has 19 atom stereocenters. The Hall–Kier alpha value is -5.31. The van der Waals surface area contributed by atoms with Crippen molar-refractivity contribution in [2.45, 2.75) is 318 Å². The summed E-state index contributed by atoms with van der Waals surface area (Å²) in [5.41, 5.74) is 0.436. The summed E-state index contributed by atoms with van der Waals surface area (Å²) in [6.07, 6.45) is 5.73. The van der Waals surface area contributed by atoms with Gasteiger partial charge in [-0.1, -0.05) is 228 Å². The summed E-state index contributed by atoms with van der Waals surface area (Å²) >= 11 is 0. The molecule has 7 heterocycles. The van der Waals surface area contributed by atoms with E-state index in [1.54, 1.807) is 18.1 Å². The van der Waals surface area contributed by atoms with Crippen molar-refractivity contribution in [3.05, 3.63) is 183 Å². The van der Waals surface area contributed by atoms with Gasteiger partial charge in [0.15, 0.2) is 8.32 Å². The van der Waals surface area contributed by atoms with Crippen LogP contribution in [0.5, 0.6) is 0 Å². The van der Waals surface area contributed by atoms with Crippen LogP contribution in [0.2, 0.25) is 28.2 Å². The summed E-state index contributed by atoms with van der Waals surface area (Å²) in [7, 11) is -7.25. The average molecular weight is 1580 g/mol. The summed E-state index contributed by atoms with van der Waals surface area (Å²) < 4.78 is 93.7. The van der Waals surface area contributed by atoms with Crippen molar-refractivity contribution in [1.82, 2.24) is 4.90 Å². The minimum Gasteiger partial charge on any atom is -0.444 e. The summed E-state index contributed by atoms with van der Waals surface area (Å²) in [4.78, 5) is 31.2. The number of methoxy groups -OCH3 is 1. The molecule has 0 aliphatic carbocycles. The van der Waals surface area contributed by atoms with Crippen LogP contribution in [-0.2, 0) is 65.4 Å². The van der Waals surface area contributed by atoms with Crippen LogP contribution in [0.3, 0.4) is 0 Å². The van der Waals surface area contributed by atoms with Crippen molar-refractivity contribution < 1.29 is 70.2 Å². The number of amides is 1. The van der Waals surface area contributed by atoms with Crippen molar-refractivity contribution >= 4 is 57.6 Å². The quantitative estimate of drug-likeness (QED) is 0.0252. The molecule has 7 aliphatic heterocycles. The predicted octanol–water partition coefficient (Wildman–Crippen LogP) is 16.4. The first kappa shape index (κ1) is 86.5. The number of hydrogen-bond donors (Lipinski definition) is 0. The van der Waals surface area contributed by atoms with Crippen LogP contribution >= 0.6 is 0 Å². The molecule has 4 aromatic rings. The van der Waals surface area contributed by atoms with Gasteiger partial charge in [0.2, 0.25) is 0 Å². The van der Waals surface area contributed by atoms with Gasteiger partial charge in [-0.3, -0.25) is 9.69 Å². The van der Waals surface area contributed by atoms with Gasteiger partial charge in [0.05, 0.1) is 93.0 Å². The van der Waals surface area contributed by atoms with Crippen LogP contribution in [-0.4, -0.2) is 184 Å². The second-order valence-electron chi connectivity index (χ2n) is 36.0. The lowest BCUT2D eigenvalue weighted by Crippen LogP contribution is -2.73. The minimum atomic E-state index is -3.43. The first-order valence-electron chi connectivity index (χ1n) is 41.6. The molecule has 0 bridgehead atoms. The summed E-state index contributed by atoms with van der Waals surface area (Å²) in [5.74, 6) is -0.186. The molecule has 0 saturated carbocycles. The third kappa shape index (κ3) is 19.5. The fourth-order valence-electron chi connectivity index (χ4n) is 19.2. The molecule has 0 radical (unpaired) electrons. The Kier molecular flexibility index (Phi) is 28.8. The highest BCUT2D eigenvalue weighted by molar-refractivity contribution is 7.00. The molecule has 16 nitrogen and oxygen atoms in total. The van der Waals surface area contributed by atoms with Gasteiger partial charge in [0.25, 0.3) is 16.6 Å². The second kappa shape index (κ2) is 36.9. The number of hydrogen-bond acceptors (Lipinski definition) is 15. The number of nitrogens with zero attached hydrogens (tertiary/aromatic N) is 1. The second-order valence-corrected chi connectivity index (χ2v) is 49.3. The normalized spacial score (nSPS) is 30.3. The monoisotopic (exact) mass is 1580 g/mol. The molecule has 0 N–H and O–H groups in total. The Bertz CT molecular complexity index is 3660. The van der Waals surface area contributed by atoms with Gasteiger partial charge < -0.3 is 60.6 Å². The molecule has 608 valence electrons. The van der Waals surface area contributed by atoms with Gasteiger partial charge in [-0.05, 0) is 133 Å². The van der Waals surface area contributed by atoms with E-state index in [-0.39, 0.29) is 66.0 Å². The molecule has 7 saturated heterocycles. The molecule has 4 aromatic carbocycles. The topological polar surface area (TPSA) is 157 Å². The summed E-state index contributed by atoms with van der Waals surface area (Å²) in [6, 6.07) is 46.3. The van der Waals surface area contributed by atoms with Crippen LogP contribution in [0.4, 0.5) is 4.79 Å². The highest BCUT2D eigenvalue weighted by atomic mass is 28.4. The van der Waals surface area contributed by atoms with Crippen molar-refractivity contribution in [1.29, 1.82) is 0 Å². The van der Waals surface area contributed by atoms with Gasteiger partial charge in [0, 0.05) is 51.6 Å². The number of ether oxygens (including phenoxy) is 10. The summed E-state index contributed by atoms with van der Waals surface area (Å²) in [6.45, 7) is 51.0. The average Bonchev–Trinajstić information content (AvgIpc) is 1.67. The number of ketones is 1. The van der Waals surface area contributed by atoms with Crippen molar-refractivity contribution in [2.75, 3.05) is 26.9 Å². The van der Waals surface area contributed by atoms with Crippen LogP contribution < -0.4 is 20.7 Å². The SMILES string of the molecule is C=CCOC/C=C/[C@H]1CC(=C)[C@H](CC[C@H]2C[C@@H](C)C(=C)[C@@H](C[C@@H]3O[C@H](C[C@H]4CN(C(=O)OC(C)(C)C)C(C)(C)O4)[C@H](OC)[C@H]3CC(=O)C[C@H]3CC[C@@H]4O[C@@H]5[C@@H](O[C@H](C[C@@H](C=C)O[Si](CC)(CC)CC)[C@@H]5O[Si](c5ccccc5)(c5ccccc5)C(C)(C)C)[C@@H](O[Si](c5ccccc5)(c5ccccc5)C(C)(C)C)[C@H]4O3)O2)O1. The van der Waals surface area contributed by atoms with E-state index in [1.165, 1.54) is 0 Å². The molecule has 0 unspecified atom stereocenters. The number of Topliss-reactive ketones (excluding diaryl/α,β-unsaturated/α-hetero) is 1. The van der Waals surface area contributed by atoms with Crippen molar-refractivity contribution in [3.8, 4) is 0 Å². The Morgan fingerprint density at radius 3 is 1.72 bits per heavy atom. The number of carbonyl (C=O) groups is 2. The zero-order valence-corrected chi connectivity index (χ0v) is 72.7. The van der Waals surface area contributed by atoms with E-state index in [9.17, 15) is 4.79 Å². The lowest BCUT2D eigenvalue weighted by atomic mass is 9.81. The molecular formula is C92H133NO15Si3. The Labute approximate surface area is 668 Å². The molecular weight excluding hydrogens is 1440 g/mol. The standard InChI is InChI=1S/C92H133NO15Si3/c1-21-52-97-53-38-39-67-55-63(7)76(98-67)50-48-68-54-62(6)64(8)78(99-68)60-79-75(82(96-20)80(101-79)59-70-61-93(92(18,19)104-70)88(95)105-89(9,10)11)57-65(94)56-69-49-51-77-83(100-69)87(108-111(91(15,16)17,73-44-34-28-35-45-73)74-46-36-29-37-47-74)86-85(102-77)84(81(103-86)58-66(22-2)106-109(23-3,24-4)25-5)107-110(90(12,13)14,71-40-30-26-31-41-71)72-42-32-27-33-43-72/h21-22,26-47,62,66-70,75-87H,1-2,7-8,23-25,48-61H2,3-6,9-20H3/b39-38+/t62-,66-,67+,68+,69-,70+,75+,76+,77+,78-,79+,80-,81-,82-,83+,84+,85+,86-,87+/m1/s1. The van der Waals surface area contributed by atoms with E-state index in [4.69, 9.17) is 60.6 Å². The van der Waals surface area contributed by atoms with Crippen molar-refractivity contribution in [2.24, 2.45) is 11.8 Å². The highest BCUT2D eigenvalue weighted by Crippen LogP contribution is 2.50. The maximum atomic E-state index is 15.8. The van der Waals surface area contributed by atoms with Gasteiger partial charge >= 0.3 is 6.09 Å². The Morgan fingerprint density at radius 2 is 1.19 bits per heavy atom. The maximum Gasteiger partial charge on any atom is 0.412 e. The van der Waals surface area contributed by atoms with E-state index in [1.807, 2.05) is 46.8 Å². The number of benzene rings is 4. The van der Waals surface area contributed by atoms with Crippen LogP contribution in [0.1, 0.15) is 174 Å². The zero-order valence-electron chi connectivity index (χ0n) is 69.7. The van der Waals surface area contributed by atoms with Crippen LogP contribution in [0.15, 0.2) is 183 Å². The molecule has 19 heteroatoms. The third-order valence-corrected chi connectivity index (χ3v) is 39.7. The van der Waals surface area contributed by atoms with E-state index in [0.717, 1.165) is 75.7 Å². The molecule has 7 fully saturated rings. The summed E-state index contributed by atoms with van der Waals surface area (Å²) in [5, 5.41) is 3.76.